The Labute approximate surface area is 127 Å². The maximum Gasteiger partial charge on any atom is 0.0609 e. The van der Waals surface area contributed by atoms with Crippen LogP contribution in [0.5, 0.6) is 0 Å². The summed E-state index contributed by atoms with van der Waals surface area (Å²) >= 11 is 5.99. The number of halogens is 1. The van der Waals surface area contributed by atoms with Gasteiger partial charge in [-0.3, -0.25) is 4.90 Å². The van der Waals surface area contributed by atoms with Gasteiger partial charge in [-0.1, -0.05) is 23.7 Å². The summed E-state index contributed by atoms with van der Waals surface area (Å²) in [6.07, 6.45) is 1.64. The van der Waals surface area contributed by atoms with E-state index in [9.17, 15) is 5.11 Å². The molecule has 1 fully saturated rings. The minimum atomic E-state index is -0.342. The van der Waals surface area contributed by atoms with E-state index < -0.39 is 0 Å². The Balaban J connectivity index is 2.24. The predicted molar refractivity (Wildman–Crippen MR) is 85.4 cm³/mol. The van der Waals surface area contributed by atoms with E-state index in [0.717, 1.165) is 31.0 Å². The smallest absolute Gasteiger partial charge is 0.0609 e. The number of aliphatic hydroxyl groups excluding tert-OH is 1. The van der Waals surface area contributed by atoms with Gasteiger partial charge in [0.1, 0.15) is 0 Å². The van der Waals surface area contributed by atoms with Gasteiger partial charge < -0.3 is 5.11 Å². The van der Waals surface area contributed by atoms with Crippen molar-refractivity contribution < 1.29 is 5.11 Å². The average Bonchev–Trinajstić information content (AvgIpc) is 2.38. The molecule has 3 heteroatoms. The first-order chi connectivity index (χ1) is 9.25. The van der Waals surface area contributed by atoms with E-state index in [1.165, 1.54) is 5.56 Å². The molecule has 0 aromatic heterocycles. The first kappa shape index (κ1) is 15.8. The van der Waals surface area contributed by atoms with Crippen molar-refractivity contribution in [3.8, 4) is 0 Å². The SMILES string of the molecule is CC(O)C1(c2ccc(Cl)cc2)CCN(C(C)(C)C)CC1. The van der Waals surface area contributed by atoms with Crippen molar-refractivity contribution in [1.82, 2.24) is 4.90 Å². The molecule has 2 rings (SSSR count). The van der Waals surface area contributed by atoms with Gasteiger partial charge in [0, 0.05) is 16.0 Å². The fraction of sp³-hybridized carbons (Fsp3) is 0.647. The highest BCUT2D eigenvalue weighted by Gasteiger charge is 2.41. The van der Waals surface area contributed by atoms with Crippen LogP contribution < -0.4 is 0 Å². The lowest BCUT2D eigenvalue weighted by Crippen LogP contribution is -2.53. The highest BCUT2D eigenvalue weighted by molar-refractivity contribution is 6.30. The molecule has 1 unspecified atom stereocenters. The molecule has 1 aliphatic heterocycles. The number of hydrogen-bond acceptors (Lipinski definition) is 2. The third kappa shape index (κ3) is 3.03. The van der Waals surface area contributed by atoms with Crippen molar-refractivity contribution in [2.45, 2.75) is 57.6 Å². The predicted octanol–water partition coefficient (Wildman–Crippen LogP) is 3.85. The number of rotatable bonds is 2. The molecule has 1 aliphatic rings. The number of piperidine rings is 1. The van der Waals surface area contributed by atoms with Crippen LogP contribution in [0.25, 0.3) is 0 Å². The lowest BCUT2D eigenvalue weighted by molar-refractivity contribution is 0.0130. The molecule has 0 amide bonds. The summed E-state index contributed by atoms with van der Waals surface area (Å²) in [5.74, 6) is 0. The standard InChI is InChI=1S/C17H26ClNO/c1-13(20)17(14-5-7-15(18)8-6-14)9-11-19(12-10-17)16(2,3)4/h5-8,13,20H,9-12H2,1-4H3. The van der Waals surface area contributed by atoms with Gasteiger partial charge in [-0.15, -0.1) is 0 Å². The third-order valence-electron chi connectivity index (χ3n) is 4.82. The van der Waals surface area contributed by atoms with E-state index in [1.54, 1.807) is 0 Å². The Hall–Kier alpha value is -0.570. The molecule has 0 radical (unpaired) electrons. The Morgan fingerprint density at radius 1 is 1.15 bits per heavy atom. The van der Waals surface area contributed by atoms with Crippen LogP contribution in [-0.2, 0) is 5.41 Å². The van der Waals surface area contributed by atoms with Crippen molar-refractivity contribution in [3.05, 3.63) is 34.9 Å². The quantitative estimate of drug-likeness (QED) is 0.896. The highest BCUT2D eigenvalue weighted by atomic mass is 35.5. The molecular weight excluding hydrogens is 270 g/mol. The van der Waals surface area contributed by atoms with E-state index in [1.807, 2.05) is 19.1 Å². The Morgan fingerprint density at radius 3 is 2.05 bits per heavy atom. The molecule has 0 saturated carbocycles. The van der Waals surface area contributed by atoms with Crippen LogP contribution in [0.4, 0.5) is 0 Å². The first-order valence-corrected chi connectivity index (χ1v) is 7.83. The topological polar surface area (TPSA) is 23.5 Å². The minimum Gasteiger partial charge on any atom is -0.392 e. The van der Waals surface area contributed by atoms with Crippen LogP contribution >= 0.6 is 11.6 Å². The van der Waals surface area contributed by atoms with Gasteiger partial charge >= 0.3 is 0 Å². The van der Waals surface area contributed by atoms with Crippen LogP contribution in [0.3, 0.4) is 0 Å². The van der Waals surface area contributed by atoms with Crippen LogP contribution in [-0.4, -0.2) is 34.7 Å². The summed E-state index contributed by atoms with van der Waals surface area (Å²) in [7, 11) is 0. The summed E-state index contributed by atoms with van der Waals surface area (Å²) in [5.41, 5.74) is 1.28. The van der Waals surface area contributed by atoms with Gasteiger partial charge in [-0.2, -0.15) is 0 Å². The van der Waals surface area contributed by atoms with Gasteiger partial charge in [-0.25, -0.2) is 0 Å². The Kier molecular flexibility index (Phi) is 4.48. The summed E-state index contributed by atoms with van der Waals surface area (Å²) in [4.78, 5) is 2.50. The van der Waals surface area contributed by atoms with E-state index in [2.05, 4.69) is 37.8 Å². The van der Waals surface area contributed by atoms with Crippen molar-refractivity contribution in [3.63, 3.8) is 0 Å². The second-order valence-corrected chi connectivity index (χ2v) is 7.43. The molecule has 2 nitrogen and oxygen atoms in total. The zero-order valence-corrected chi connectivity index (χ0v) is 13.7. The van der Waals surface area contributed by atoms with Crippen molar-refractivity contribution in [2.75, 3.05) is 13.1 Å². The molecular formula is C17H26ClNO. The van der Waals surface area contributed by atoms with E-state index >= 15 is 0 Å². The van der Waals surface area contributed by atoms with Crippen LogP contribution in [0.15, 0.2) is 24.3 Å². The minimum absolute atomic E-state index is 0.133. The summed E-state index contributed by atoms with van der Waals surface area (Å²) in [5, 5.41) is 11.1. The maximum atomic E-state index is 10.4. The molecule has 1 atom stereocenters. The Bertz CT molecular complexity index is 439. The van der Waals surface area contributed by atoms with Gasteiger partial charge in [0.15, 0.2) is 0 Å². The molecule has 0 spiro atoms. The first-order valence-electron chi connectivity index (χ1n) is 7.45. The van der Waals surface area contributed by atoms with Gasteiger partial charge in [0.05, 0.1) is 6.10 Å². The monoisotopic (exact) mass is 295 g/mol. The lowest BCUT2D eigenvalue weighted by Gasteiger charge is -2.48. The lowest BCUT2D eigenvalue weighted by atomic mass is 9.69. The number of likely N-dealkylation sites (tertiary alicyclic amines) is 1. The van der Waals surface area contributed by atoms with Gasteiger partial charge in [-0.05, 0) is 71.3 Å². The zero-order valence-electron chi connectivity index (χ0n) is 13.0. The fourth-order valence-electron chi connectivity index (χ4n) is 3.31. The average molecular weight is 296 g/mol. The van der Waals surface area contributed by atoms with Gasteiger partial charge in [0.25, 0.3) is 0 Å². The van der Waals surface area contributed by atoms with Crippen molar-refractivity contribution in [1.29, 1.82) is 0 Å². The molecule has 20 heavy (non-hydrogen) atoms. The molecule has 0 bridgehead atoms. The summed E-state index contributed by atoms with van der Waals surface area (Å²) in [6, 6.07) is 8.00. The molecule has 112 valence electrons. The molecule has 1 saturated heterocycles. The normalized spacial score (nSPS) is 21.7. The number of aliphatic hydroxyl groups is 1. The van der Waals surface area contributed by atoms with Crippen molar-refractivity contribution in [2.24, 2.45) is 0 Å². The van der Waals surface area contributed by atoms with E-state index in [0.29, 0.717) is 0 Å². The third-order valence-corrected chi connectivity index (χ3v) is 5.08. The second-order valence-electron chi connectivity index (χ2n) is 7.00. The number of hydrogen-bond donors (Lipinski definition) is 1. The number of benzene rings is 1. The fourth-order valence-corrected chi connectivity index (χ4v) is 3.43. The van der Waals surface area contributed by atoms with E-state index in [4.69, 9.17) is 11.6 Å². The number of nitrogens with zero attached hydrogens (tertiary/aromatic N) is 1. The van der Waals surface area contributed by atoms with Crippen molar-refractivity contribution >= 4 is 11.6 Å². The zero-order chi connectivity index (χ0) is 15.0. The van der Waals surface area contributed by atoms with Gasteiger partial charge in [0.2, 0.25) is 0 Å². The van der Waals surface area contributed by atoms with E-state index in [-0.39, 0.29) is 17.1 Å². The molecule has 1 N–H and O–H groups in total. The summed E-state index contributed by atoms with van der Waals surface area (Å²) < 4.78 is 0. The molecule has 1 heterocycles. The van der Waals surface area contributed by atoms with Crippen LogP contribution in [0.2, 0.25) is 5.02 Å². The molecule has 1 aromatic rings. The second kappa shape index (κ2) is 5.67. The van der Waals surface area contributed by atoms with Crippen LogP contribution in [0.1, 0.15) is 46.1 Å². The summed E-state index contributed by atoms with van der Waals surface area (Å²) in [6.45, 7) is 10.7. The largest absolute Gasteiger partial charge is 0.392 e. The van der Waals surface area contributed by atoms with Crippen LogP contribution in [0, 0.1) is 0 Å². The molecule has 0 aliphatic carbocycles. The maximum absolute atomic E-state index is 10.4. The molecule has 1 aromatic carbocycles. The Morgan fingerprint density at radius 2 is 1.65 bits per heavy atom. The highest BCUT2D eigenvalue weighted by Crippen LogP contribution is 2.40.